The second-order valence-electron chi connectivity index (χ2n) is 2.06. The van der Waals surface area contributed by atoms with Crippen molar-refractivity contribution in [3.63, 3.8) is 0 Å². The SMILES string of the molecule is [3H][3H].c1ccc2[nH]ccc2c1. The molecule has 0 atom stereocenters. The lowest BCUT2D eigenvalue weighted by molar-refractivity contribution is 1.48. The molecule has 1 nitrogen and oxygen atoms in total. The Labute approximate surface area is 56.4 Å². The van der Waals surface area contributed by atoms with E-state index in [0.717, 1.165) is 0 Å². The summed E-state index contributed by atoms with van der Waals surface area (Å²) in [5, 5.41) is 1.28. The van der Waals surface area contributed by atoms with Gasteiger partial charge in [0.15, 0.2) is 0 Å². The second-order valence-corrected chi connectivity index (χ2v) is 2.06. The van der Waals surface area contributed by atoms with Gasteiger partial charge in [-0.2, -0.15) is 0 Å². The number of nitrogens with one attached hydrogen (secondary N) is 1. The molecule has 0 fully saturated rings. The van der Waals surface area contributed by atoms with Gasteiger partial charge in [-0.25, -0.2) is 0 Å². The number of hydrogen-bond acceptors (Lipinski definition) is 0. The lowest BCUT2D eigenvalue weighted by Gasteiger charge is -1.83. The first kappa shape index (κ1) is 3.72. The molecule has 1 heteroatoms. The van der Waals surface area contributed by atoms with Crippen LogP contribution < -0.4 is 0 Å². The highest BCUT2D eigenvalue weighted by molar-refractivity contribution is 5.78. The Morgan fingerprint density at radius 2 is 2.11 bits per heavy atom. The molecule has 0 radical (unpaired) electrons. The highest BCUT2D eigenvalue weighted by atomic mass is 14.6. The summed E-state index contributed by atoms with van der Waals surface area (Å²) in [6.45, 7) is 0. The minimum absolute atomic E-state index is 1.21. The summed E-state index contributed by atoms with van der Waals surface area (Å²) in [6, 6.07) is 10.3. The van der Waals surface area contributed by atoms with Gasteiger partial charge in [-0.05, 0) is 17.5 Å². The molecule has 0 spiro atoms. The first-order chi connectivity index (χ1) is 5.47. The van der Waals surface area contributed by atoms with E-state index >= 15 is 0 Å². The molecule has 1 heterocycles. The van der Waals surface area contributed by atoms with Crippen LogP contribution in [0.15, 0.2) is 36.5 Å². The Kier molecular flexibility index (Phi) is 0.671. The Bertz CT molecular complexity index is 286. The highest BCUT2D eigenvalue weighted by Gasteiger charge is 1.86. The number of aromatic amines is 1. The minimum atomic E-state index is 1.21. The third kappa shape index (κ3) is 0.617. The molecule has 0 aliphatic heterocycles. The fourth-order valence-electron chi connectivity index (χ4n) is 0.995. The molecule has 0 saturated heterocycles. The molecule has 2 aromatic rings. The summed E-state index contributed by atoms with van der Waals surface area (Å²) in [7, 11) is 0. The van der Waals surface area contributed by atoms with Gasteiger partial charge in [0.25, 0.3) is 0 Å². The third-order valence-electron chi connectivity index (χ3n) is 1.46. The Balaban J connectivity index is 0.000000281. The van der Waals surface area contributed by atoms with E-state index in [1.165, 1.54) is 10.9 Å². The maximum atomic E-state index is 5.00. The zero-order chi connectivity index (χ0) is 8.10. The van der Waals surface area contributed by atoms with Crippen LogP contribution in [-0.2, 0) is 0 Å². The summed E-state index contributed by atoms with van der Waals surface area (Å²) in [5.41, 5.74) is 1.21. The molecule has 0 unspecified atom stereocenters. The van der Waals surface area contributed by atoms with E-state index < -0.39 is 0 Å². The molecular formula is C8H9N. The van der Waals surface area contributed by atoms with Crippen molar-refractivity contribution >= 4 is 10.9 Å². The maximum Gasteiger partial charge on any atom is 0.0453 e. The van der Waals surface area contributed by atoms with E-state index in [9.17, 15) is 0 Å². The van der Waals surface area contributed by atoms with Crippen LogP contribution in [0.1, 0.15) is 2.97 Å². The van der Waals surface area contributed by atoms with Gasteiger partial charge < -0.3 is 4.98 Å². The van der Waals surface area contributed by atoms with Gasteiger partial charge in [-0.1, -0.05) is 18.2 Å². The van der Waals surface area contributed by atoms with Gasteiger partial charge in [0.2, 0.25) is 0 Å². The van der Waals surface area contributed by atoms with Crippen LogP contribution in [-0.4, -0.2) is 4.98 Å². The zero-order valence-corrected chi connectivity index (χ0v) is 4.96. The molecule has 0 aliphatic carbocycles. The topological polar surface area (TPSA) is 15.8 Å². The number of fused-ring (bicyclic) bond motifs is 1. The van der Waals surface area contributed by atoms with Crippen molar-refractivity contribution in [2.75, 3.05) is 0 Å². The summed E-state index contributed by atoms with van der Waals surface area (Å²) in [4.78, 5) is 3.12. The Hall–Kier alpha value is -1.24. The highest BCUT2D eigenvalue weighted by Crippen LogP contribution is 2.09. The van der Waals surface area contributed by atoms with E-state index in [1.807, 2.05) is 18.3 Å². The van der Waals surface area contributed by atoms with Crippen molar-refractivity contribution in [3.05, 3.63) is 36.5 Å². The predicted octanol–water partition coefficient (Wildman–Crippen LogP) is 2.41. The van der Waals surface area contributed by atoms with Crippen molar-refractivity contribution < 1.29 is 2.97 Å². The first-order valence-corrected chi connectivity index (χ1v) is 2.99. The van der Waals surface area contributed by atoms with Crippen LogP contribution in [0.25, 0.3) is 10.9 Å². The summed E-state index contributed by atoms with van der Waals surface area (Å²) in [5.74, 6) is 0. The van der Waals surface area contributed by atoms with Gasteiger partial charge in [-0.3, -0.25) is 0 Å². The van der Waals surface area contributed by atoms with Crippen LogP contribution in [0, 0.1) is 0 Å². The van der Waals surface area contributed by atoms with Crippen LogP contribution in [0.4, 0.5) is 0 Å². The van der Waals surface area contributed by atoms with Crippen LogP contribution in [0.2, 0.25) is 0 Å². The minimum Gasteiger partial charge on any atom is -0.361 e. The monoisotopic (exact) mass is 123 g/mol. The average Bonchev–Trinajstić information content (AvgIpc) is 2.55. The van der Waals surface area contributed by atoms with Crippen LogP contribution >= 0.6 is 0 Å². The summed E-state index contributed by atoms with van der Waals surface area (Å²) >= 11 is 0. The smallest absolute Gasteiger partial charge is 0.0453 e. The molecule has 1 N–H and O–H groups in total. The lowest BCUT2D eigenvalue weighted by Crippen LogP contribution is -1.61. The van der Waals surface area contributed by atoms with E-state index in [0.29, 0.717) is 0 Å². The fraction of sp³-hybridized carbons (Fsp3) is 0. The number of benzene rings is 1. The van der Waals surface area contributed by atoms with Crippen molar-refractivity contribution in [1.82, 2.24) is 4.98 Å². The third-order valence-corrected chi connectivity index (χ3v) is 1.46. The Morgan fingerprint density at radius 1 is 1.22 bits per heavy atom. The van der Waals surface area contributed by atoms with Crippen molar-refractivity contribution in [3.8, 4) is 0 Å². The fourth-order valence-corrected chi connectivity index (χ4v) is 0.995. The quantitative estimate of drug-likeness (QED) is 0.553. The van der Waals surface area contributed by atoms with Gasteiger partial charge in [0.05, 0.1) is 0 Å². The largest absolute Gasteiger partial charge is 0.361 e. The average molecular weight is 123 g/mol. The standard InChI is InChI=1S/C8H7N.H2/c1-2-4-8-7(3-1)5-6-9-8;/h1-6,9H;1H/i;1+2T. The van der Waals surface area contributed by atoms with Crippen molar-refractivity contribution in [1.29, 1.82) is 0 Å². The number of aromatic nitrogens is 1. The lowest BCUT2D eigenvalue weighted by atomic mass is 10.3. The number of rotatable bonds is 0. The van der Waals surface area contributed by atoms with E-state index in [2.05, 4.69) is 23.2 Å². The van der Waals surface area contributed by atoms with Gasteiger partial charge in [0.1, 0.15) is 0 Å². The first-order valence-electron chi connectivity index (χ1n) is 3.99. The maximum absolute atomic E-state index is 5.00. The molecular weight excluding hydrogens is 110 g/mol. The zero-order valence-electron chi connectivity index (χ0n) is 6.96. The molecule has 46 valence electrons. The second kappa shape index (κ2) is 1.62. The molecule has 0 amide bonds. The van der Waals surface area contributed by atoms with Crippen molar-refractivity contribution in [2.24, 2.45) is 0 Å². The molecule has 0 bridgehead atoms. The van der Waals surface area contributed by atoms with Crippen LogP contribution in [0.5, 0.6) is 0 Å². The van der Waals surface area contributed by atoms with Gasteiger partial charge in [0, 0.05) is 14.7 Å². The molecule has 2 rings (SSSR count). The molecule has 9 heavy (non-hydrogen) atoms. The predicted molar refractivity (Wildman–Crippen MR) is 40.4 cm³/mol. The molecule has 0 saturated carbocycles. The van der Waals surface area contributed by atoms with E-state index in [-0.39, 0.29) is 0 Å². The van der Waals surface area contributed by atoms with Crippen molar-refractivity contribution in [2.45, 2.75) is 0 Å². The molecule has 1 aromatic heterocycles. The number of para-hydroxylation sites is 1. The van der Waals surface area contributed by atoms with Gasteiger partial charge in [-0.15, -0.1) is 0 Å². The molecule has 0 aliphatic rings. The normalized spacial score (nSPS) is 11.1. The van der Waals surface area contributed by atoms with Crippen LogP contribution in [0.3, 0.4) is 0 Å². The number of H-pyrrole nitrogens is 1. The Morgan fingerprint density at radius 3 is 3.00 bits per heavy atom. The summed E-state index contributed by atoms with van der Waals surface area (Å²) in [6.07, 6.45) is 1.95. The molecule has 1 aromatic carbocycles. The van der Waals surface area contributed by atoms with E-state index in [4.69, 9.17) is 2.97 Å². The van der Waals surface area contributed by atoms with E-state index in [1.54, 1.807) is 0 Å². The summed E-state index contributed by atoms with van der Waals surface area (Å²) < 4.78 is 10.0. The van der Waals surface area contributed by atoms with Gasteiger partial charge >= 0.3 is 0 Å². The number of hydrogen-bond donors (Lipinski definition) is 1.